The molecule has 1 aromatic rings. The van der Waals surface area contributed by atoms with Gasteiger partial charge >= 0.3 is 12.1 Å². The number of halogens is 4. The Morgan fingerprint density at radius 1 is 1.07 bits per heavy atom. The third-order valence-electron chi connectivity index (χ3n) is 3.79. The standard InChI is InChI=1S/C18H26F3N3O2.HI/c1-22-17(23-12-6-4-3-5-7-16(25)26-2)24-13-14-8-10-15(11-9-14)18(19,20)21;/h8-11H,3-7,12-13H2,1-2H3,(H2,22,23,24);1H. The summed E-state index contributed by atoms with van der Waals surface area (Å²) in [5, 5.41) is 6.22. The molecule has 0 radical (unpaired) electrons. The van der Waals surface area contributed by atoms with Gasteiger partial charge in [-0.2, -0.15) is 13.2 Å². The molecule has 2 N–H and O–H groups in total. The lowest BCUT2D eigenvalue weighted by Gasteiger charge is -2.12. The van der Waals surface area contributed by atoms with Crippen molar-refractivity contribution in [3.8, 4) is 0 Å². The SMILES string of the molecule is CN=C(NCCCCCCC(=O)OC)NCc1ccc(C(F)(F)F)cc1.I. The van der Waals surface area contributed by atoms with Gasteiger partial charge in [0.2, 0.25) is 0 Å². The highest BCUT2D eigenvalue weighted by Crippen LogP contribution is 2.28. The van der Waals surface area contributed by atoms with Gasteiger partial charge in [-0.25, -0.2) is 0 Å². The van der Waals surface area contributed by atoms with Crippen molar-refractivity contribution in [1.29, 1.82) is 0 Å². The number of benzene rings is 1. The smallest absolute Gasteiger partial charge is 0.416 e. The summed E-state index contributed by atoms with van der Waals surface area (Å²) in [4.78, 5) is 15.1. The van der Waals surface area contributed by atoms with E-state index in [-0.39, 0.29) is 29.9 Å². The Morgan fingerprint density at radius 3 is 2.26 bits per heavy atom. The zero-order valence-electron chi connectivity index (χ0n) is 15.6. The first kappa shape index (κ1) is 25.5. The molecule has 0 aliphatic rings. The maximum atomic E-state index is 12.5. The first-order valence-corrected chi connectivity index (χ1v) is 8.54. The number of aliphatic imine (C=N–C) groups is 1. The van der Waals surface area contributed by atoms with Crippen molar-refractivity contribution in [2.75, 3.05) is 20.7 Å². The van der Waals surface area contributed by atoms with Crippen LogP contribution in [-0.4, -0.2) is 32.6 Å². The normalized spacial score (nSPS) is 11.5. The average molecular weight is 501 g/mol. The second-order valence-corrected chi connectivity index (χ2v) is 5.79. The molecule has 0 spiro atoms. The Bertz CT molecular complexity index is 578. The summed E-state index contributed by atoms with van der Waals surface area (Å²) < 4.78 is 42.2. The molecule has 0 atom stereocenters. The summed E-state index contributed by atoms with van der Waals surface area (Å²) >= 11 is 0. The van der Waals surface area contributed by atoms with E-state index in [0.29, 0.717) is 18.9 Å². The van der Waals surface area contributed by atoms with Crippen LogP contribution in [0.5, 0.6) is 0 Å². The number of esters is 1. The number of nitrogens with zero attached hydrogens (tertiary/aromatic N) is 1. The Kier molecular flexibility index (Phi) is 12.9. The van der Waals surface area contributed by atoms with E-state index in [4.69, 9.17) is 0 Å². The lowest BCUT2D eigenvalue weighted by atomic mass is 10.1. The lowest BCUT2D eigenvalue weighted by Crippen LogP contribution is -2.37. The maximum Gasteiger partial charge on any atom is 0.416 e. The van der Waals surface area contributed by atoms with Crippen LogP contribution in [0, 0.1) is 0 Å². The summed E-state index contributed by atoms with van der Waals surface area (Å²) in [6, 6.07) is 5.04. The van der Waals surface area contributed by atoms with Gasteiger partial charge in [-0.05, 0) is 30.5 Å². The summed E-state index contributed by atoms with van der Waals surface area (Å²) in [5.41, 5.74) is 0.0831. The first-order valence-electron chi connectivity index (χ1n) is 8.54. The minimum absolute atomic E-state index is 0. The van der Waals surface area contributed by atoms with E-state index in [1.807, 2.05) is 0 Å². The summed E-state index contributed by atoms with van der Waals surface area (Å²) in [6.07, 6.45) is -0.190. The second-order valence-electron chi connectivity index (χ2n) is 5.79. The fourth-order valence-corrected chi connectivity index (χ4v) is 2.27. The van der Waals surface area contributed by atoms with Crippen LogP contribution in [0.2, 0.25) is 0 Å². The molecule has 0 fully saturated rings. The molecule has 0 bridgehead atoms. The molecule has 0 aromatic heterocycles. The topological polar surface area (TPSA) is 62.7 Å². The van der Waals surface area contributed by atoms with E-state index < -0.39 is 11.7 Å². The van der Waals surface area contributed by atoms with Crippen LogP contribution in [-0.2, 0) is 22.3 Å². The molecule has 0 aliphatic carbocycles. The molecule has 9 heteroatoms. The van der Waals surface area contributed by atoms with Gasteiger partial charge in [0.25, 0.3) is 0 Å². The van der Waals surface area contributed by atoms with Crippen molar-refractivity contribution in [2.24, 2.45) is 4.99 Å². The molecule has 5 nitrogen and oxygen atoms in total. The molecular weight excluding hydrogens is 474 g/mol. The van der Waals surface area contributed by atoms with Gasteiger partial charge in [0.15, 0.2) is 5.96 Å². The van der Waals surface area contributed by atoms with Crippen LogP contribution in [0.4, 0.5) is 13.2 Å². The number of methoxy groups -OCH3 is 1. The van der Waals surface area contributed by atoms with Crippen molar-refractivity contribution in [3.05, 3.63) is 35.4 Å². The number of hydrogen-bond donors (Lipinski definition) is 2. The van der Waals surface area contributed by atoms with Gasteiger partial charge in [-0.1, -0.05) is 25.0 Å². The molecule has 1 rings (SSSR count). The van der Waals surface area contributed by atoms with E-state index in [2.05, 4.69) is 20.4 Å². The van der Waals surface area contributed by atoms with Crippen LogP contribution < -0.4 is 10.6 Å². The number of carbonyl (C=O) groups excluding carboxylic acids is 1. The molecule has 0 heterocycles. The highest BCUT2D eigenvalue weighted by atomic mass is 127. The van der Waals surface area contributed by atoms with Crippen LogP contribution in [0.15, 0.2) is 29.3 Å². The molecule has 154 valence electrons. The molecule has 0 aliphatic heterocycles. The number of ether oxygens (including phenoxy) is 1. The number of unbranched alkanes of at least 4 members (excludes halogenated alkanes) is 3. The fraction of sp³-hybridized carbons (Fsp3) is 0.556. The number of guanidine groups is 1. The molecule has 0 saturated carbocycles. The van der Waals surface area contributed by atoms with Crippen LogP contribution in [0.1, 0.15) is 43.2 Å². The highest BCUT2D eigenvalue weighted by molar-refractivity contribution is 14.0. The van der Waals surface area contributed by atoms with Crippen molar-refractivity contribution < 1.29 is 22.7 Å². The zero-order chi connectivity index (χ0) is 19.4. The third-order valence-corrected chi connectivity index (χ3v) is 3.79. The predicted molar refractivity (Wildman–Crippen MR) is 110 cm³/mol. The Labute approximate surface area is 175 Å². The largest absolute Gasteiger partial charge is 0.469 e. The molecule has 0 amide bonds. The molecule has 27 heavy (non-hydrogen) atoms. The quantitative estimate of drug-likeness (QED) is 0.176. The molecule has 0 unspecified atom stereocenters. The van der Waals surface area contributed by atoms with Crippen molar-refractivity contribution in [3.63, 3.8) is 0 Å². The Balaban J connectivity index is 0.00000676. The van der Waals surface area contributed by atoms with Crippen molar-refractivity contribution in [1.82, 2.24) is 10.6 Å². The summed E-state index contributed by atoms with van der Waals surface area (Å²) in [5.74, 6) is 0.412. The summed E-state index contributed by atoms with van der Waals surface area (Å²) in [6.45, 7) is 1.11. The number of alkyl halides is 3. The van der Waals surface area contributed by atoms with Gasteiger partial charge in [0, 0.05) is 26.6 Å². The molecule has 1 aromatic carbocycles. The Hall–Kier alpha value is -1.52. The number of hydrogen-bond acceptors (Lipinski definition) is 3. The van der Waals surface area contributed by atoms with E-state index >= 15 is 0 Å². The van der Waals surface area contributed by atoms with Crippen LogP contribution in [0.3, 0.4) is 0 Å². The third kappa shape index (κ3) is 11.0. The molecule has 0 saturated heterocycles. The minimum atomic E-state index is -4.32. The van der Waals surface area contributed by atoms with Gasteiger partial charge < -0.3 is 15.4 Å². The van der Waals surface area contributed by atoms with E-state index in [0.717, 1.165) is 49.9 Å². The van der Waals surface area contributed by atoms with Gasteiger partial charge in [0.05, 0.1) is 12.7 Å². The van der Waals surface area contributed by atoms with Gasteiger partial charge in [-0.15, -0.1) is 24.0 Å². The van der Waals surface area contributed by atoms with Crippen LogP contribution in [0.25, 0.3) is 0 Å². The first-order chi connectivity index (χ1) is 12.4. The van der Waals surface area contributed by atoms with Crippen molar-refractivity contribution >= 4 is 35.9 Å². The number of carbonyl (C=O) groups is 1. The second kappa shape index (κ2) is 13.6. The zero-order valence-corrected chi connectivity index (χ0v) is 17.9. The number of rotatable bonds is 9. The van der Waals surface area contributed by atoms with E-state index in [1.165, 1.54) is 19.2 Å². The average Bonchev–Trinajstić information content (AvgIpc) is 2.62. The van der Waals surface area contributed by atoms with Crippen LogP contribution >= 0.6 is 24.0 Å². The minimum Gasteiger partial charge on any atom is -0.469 e. The van der Waals surface area contributed by atoms with E-state index in [9.17, 15) is 18.0 Å². The van der Waals surface area contributed by atoms with Gasteiger partial charge in [-0.3, -0.25) is 9.79 Å². The van der Waals surface area contributed by atoms with E-state index in [1.54, 1.807) is 7.05 Å². The van der Waals surface area contributed by atoms with Crippen molar-refractivity contribution in [2.45, 2.75) is 44.8 Å². The fourth-order valence-electron chi connectivity index (χ4n) is 2.27. The van der Waals surface area contributed by atoms with Gasteiger partial charge in [0.1, 0.15) is 0 Å². The number of nitrogens with one attached hydrogen (secondary N) is 2. The summed E-state index contributed by atoms with van der Waals surface area (Å²) in [7, 11) is 3.02. The monoisotopic (exact) mass is 501 g/mol. The Morgan fingerprint density at radius 2 is 1.70 bits per heavy atom. The highest BCUT2D eigenvalue weighted by Gasteiger charge is 2.29. The maximum absolute atomic E-state index is 12.5. The predicted octanol–water partition coefficient (Wildman–Crippen LogP) is 4.11. The lowest BCUT2D eigenvalue weighted by molar-refractivity contribution is -0.140. The molecular formula is C18H27F3IN3O2.